The highest BCUT2D eigenvalue weighted by Crippen LogP contribution is 2.20. The number of aryl methyl sites for hydroxylation is 1. The number of aromatic nitrogens is 2. The number of fused-ring (bicyclic) bond motifs is 1. The third kappa shape index (κ3) is 3.94. The van der Waals surface area contributed by atoms with Crippen molar-refractivity contribution in [1.82, 2.24) is 14.0 Å². The lowest BCUT2D eigenvalue weighted by Crippen LogP contribution is -2.38. The van der Waals surface area contributed by atoms with Gasteiger partial charge in [-0.15, -0.1) is 0 Å². The van der Waals surface area contributed by atoms with E-state index in [-0.39, 0.29) is 30.6 Å². The molecule has 0 spiro atoms. The van der Waals surface area contributed by atoms with Gasteiger partial charge in [0.2, 0.25) is 11.8 Å². The minimum absolute atomic E-state index is 0.137. The molecule has 8 heteroatoms. The molecule has 3 rings (SSSR count). The molecule has 28 heavy (non-hydrogen) atoms. The van der Waals surface area contributed by atoms with Crippen LogP contribution in [0.15, 0.2) is 53.3 Å². The van der Waals surface area contributed by atoms with Gasteiger partial charge in [0.15, 0.2) is 0 Å². The van der Waals surface area contributed by atoms with Gasteiger partial charge in [0.25, 0.3) is 0 Å². The van der Waals surface area contributed by atoms with Crippen molar-refractivity contribution in [2.75, 3.05) is 18.9 Å². The third-order valence-electron chi connectivity index (χ3n) is 4.49. The summed E-state index contributed by atoms with van der Waals surface area (Å²) in [7, 11) is 1.53. The Labute approximate surface area is 167 Å². The molecular weight excluding hydrogens is 380 g/mol. The van der Waals surface area contributed by atoms with Gasteiger partial charge in [0.05, 0.1) is 28.3 Å². The summed E-state index contributed by atoms with van der Waals surface area (Å²) in [5.74, 6) is -0.706. The van der Waals surface area contributed by atoms with E-state index in [0.29, 0.717) is 22.8 Å². The summed E-state index contributed by atoms with van der Waals surface area (Å²) in [4.78, 5) is 38.8. The summed E-state index contributed by atoms with van der Waals surface area (Å²) in [6.07, 6.45) is 0. The fraction of sp³-hybridized carbons (Fsp3) is 0.250. The number of halogens is 1. The Hall–Kier alpha value is -3.06. The largest absolute Gasteiger partial charge is 0.335 e. The van der Waals surface area contributed by atoms with Crippen LogP contribution in [0.5, 0.6) is 0 Å². The molecule has 0 fully saturated rings. The topological polar surface area (TPSA) is 76.3 Å². The first-order valence-electron chi connectivity index (χ1n) is 8.88. The number of para-hydroxylation sites is 3. The van der Waals surface area contributed by atoms with Gasteiger partial charge in [-0.25, -0.2) is 4.79 Å². The average Bonchev–Trinajstić information content (AvgIpc) is 2.94. The minimum Gasteiger partial charge on any atom is -0.335 e. The van der Waals surface area contributed by atoms with E-state index in [1.807, 2.05) is 25.1 Å². The Morgan fingerprint density at radius 1 is 1.04 bits per heavy atom. The van der Waals surface area contributed by atoms with Gasteiger partial charge >= 0.3 is 5.69 Å². The van der Waals surface area contributed by atoms with Crippen molar-refractivity contribution in [2.45, 2.75) is 20.0 Å². The van der Waals surface area contributed by atoms with Crippen LogP contribution in [-0.4, -0.2) is 39.4 Å². The summed E-state index contributed by atoms with van der Waals surface area (Å²) in [6, 6.07) is 14.2. The molecule has 1 N–H and O–H groups in total. The van der Waals surface area contributed by atoms with Gasteiger partial charge < -0.3 is 10.2 Å². The Bertz CT molecular complexity index is 1090. The van der Waals surface area contributed by atoms with Crippen molar-refractivity contribution in [3.63, 3.8) is 0 Å². The number of carbonyl (C=O) groups is 2. The number of nitrogens with one attached hydrogen (secondary N) is 1. The number of nitrogens with zero attached hydrogens (tertiary/aromatic N) is 3. The minimum atomic E-state index is -0.368. The zero-order valence-electron chi connectivity index (χ0n) is 15.7. The molecule has 2 aromatic carbocycles. The van der Waals surface area contributed by atoms with Crippen LogP contribution in [0.3, 0.4) is 0 Å². The van der Waals surface area contributed by atoms with Gasteiger partial charge in [-0.1, -0.05) is 35.9 Å². The van der Waals surface area contributed by atoms with Crippen molar-refractivity contribution < 1.29 is 9.59 Å². The number of anilines is 1. The van der Waals surface area contributed by atoms with E-state index in [2.05, 4.69) is 5.32 Å². The van der Waals surface area contributed by atoms with Crippen LogP contribution in [0.25, 0.3) is 11.0 Å². The predicted molar refractivity (Wildman–Crippen MR) is 110 cm³/mol. The van der Waals surface area contributed by atoms with Gasteiger partial charge in [-0.2, -0.15) is 0 Å². The second kappa shape index (κ2) is 8.31. The highest BCUT2D eigenvalue weighted by atomic mass is 35.5. The van der Waals surface area contributed by atoms with E-state index < -0.39 is 0 Å². The molecule has 0 bridgehead atoms. The fourth-order valence-electron chi connectivity index (χ4n) is 3.04. The van der Waals surface area contributed by atoms with E-state index in [0.717, 1.165) is 5.52 Å². The average molecular weight is 401 g/mol. The van der Waals surface area contributed by atoms with E-state index in [1.165, 1.54) is 16.5 Å². The molecule has 2 amide bonds. The highest BCUT2D eigenvalue weighted by Gasteiger charge is 2.18. The van der Waals surface area contributed by atoms with Crippen LogP contribution in [0, 0.1) is 0 Å². The van der Waals surface area contributed by atoms with Crippen LogP contribution >= 0.6 is 11.6 Å². The van der Waals surface area contributed by atoms with Crippen LogP contribution < -0.4 is 11.0 Å². The standard InChI is InChI=1S/C20H21ClN4O3/c1-3-24-16-10-6-7-11-17(16)25(20(24)28)13-19(27)23(2)12-18(26)22-15-9-5-4-8-14(15)21/h4-11H,3,12-13H2,1-2H3,(H,22,26). The monoisotopic (exact) mass is 400 g/mol. The maximum atomic E-state index is 12.6. The van der Waals surface area contributed by atoms with Crippen LogP contribution in [0.1, 0.15) is 6.92 Å². The van der Waals surface area contributed by atoms with Crippen molar-refractivity contribution in [1.29, 1.82) is 0 Å². The lowest BCUT2D eigenvalue weighted by atomic mass is 10.3. The number of rotatable bonds is 6. The molecule has 7 nitrogen and oxygen atoms in total. The van der Waals surface area contributed by atoms with Gasteiger partial charge in [-0.05, 0) is 31.2 Å². The second-order valence-corrected chi connectivity index (χ2v) is 6.79. The smallest absolute Gasteiger partial charge is 0.329 e. The molecule has 0 aliphatic carbocycles. The maximum Gasteiger partial charge on any atom is 0.329 e. The Morgan fingerprint density at radius 3 is 2.29 bits per heavy atom. The van der Waals surface area contributed by atoms with Crippen molar-refractivity contribution in [3.05, 3.63) is 64.0 Å². The Morgan fingerprint density at radius 2 is 1.64 bits per heavy atom. The van der Waals surface area contributed by atoms with Gasteiger partial charge in [0, 0.05) is 13.6 Å². The summed E-state index contributed by atoms with van der Waals surface area (Å²) in [5, 5.41) is 3.10. The van der Waals surface area contributed by atoms with E-state index in [9.17, 15) is 14.4 Å². The normalized spacial score (nSPS) is 10.8. The van der Waals surface area contributed by atoms with Crippen molar-refractivity contribution in [2.24, 2.45) is 0 Å². The van der Waals surface area contributed by atoms with Gasteiger partial charge in [-0.3, -0.25) is 18.7 Å². The molecule has 3 aromatic rings. The molecule has 1 heterocycles. The maximum absolute atomic E-state index is 12.6. The fourth-order valence-corrected chi connectivity index (χ4v) is 3.23. The van der Waals surface area contributed by atoms with Crippen LogP contribution in [0.2, 0.25) is 5.02 Å². The lowest BCUT2D eigenvalue weighted by molar-refractivity contribution is -0.133. The third-order valence-corrected chi connectivity index (χ3v) is 4.82. The van der Waals surface area contributed by atoms with Crippen molar-refractivity contribution >= 4 is 40.1 Å². The zero-order chi connectivity index (χ0) is 20.3. The summed E-state index contributed by atoms with van der Waals surface area (Å²) in [5.41, 5.74) is 1.71. The molecule has 0 saturated heterocycles. The van der Waals surface area contributed by atoms with E-state index in [1.54, 1.807) is 34.9 Å². The number of hydrogen-bond donors (Lipinski definition) is 1. The number of hydrogen-bond acceptors (Lipinski definition) is 3. The summed E-state index contributed by atoms with van der Waals surface area (Å²) in [6.45, 7) is 2.11. The first-order chi connectivity index (χ1) is 13.4. The molecule has 0 unspecified atom stereocenters. The molecule has 0 atom stereocenters. The number of imidazole rings is 1. The molecule has 0 aliphatic rings. The molecular formula is C20H21ClN4O3. The quantitative estimate of drug-likeness (QED) is 0.690. The second-order valence-electron chi connectivity index (χ2n) is 6.38. The Balaban J connectivity index is 1.72. The summed E-state index contributed by atoms with van der Waals surface area (Å²) < 4.78 is 3.05. The number of likely N-dealkylation sites (N-methyl/N-ethyl adjacent to an activating group) is 1. The number of carbonyl (C=O) groups excluding carboxylic acids is 2. The molecule has 0 saturated carbocycles. The molecule has 0 radical (unpaired) electrons. The van der Waals surface area contributed by atoms with Crippen molar-refractivity contribution in [3.8, 4) is 0 Å². The Kier molecular flexibility index (Phi) is 5.84. The molecule has 0 aliphatic heterocycles. The predicted octanol–water partition coefficient (Wildman–Crippen LogP) is 2.57. The number of benzene rings is 2. The molecule has 146 valence electrons. The lowest BCUT2D eigenvalue weighted by Gasteiger charge is -2.17. The van der Waals surface area contributed by atoms with Gasteiger partial charge in [0.1, 0.15) is 6.54 Å². The summed E-state index contributed by atoms with van der Waals surface area (Å²) >= 11 is 6.03. The first kappa shape index (κ1) is 19.7. The van der Waals surface area contributed by atoms with Crippen LogP contribution in [-0.2, 0) is 22.7 Å². The van der Waals surface area contributed by atoms with E-state index >= 15 is 0 Å². The van der Waals surface area contributed by atoms with E-state index in [4.69, 9.17) is 11.6 Å². The SMILES string of the molecule is CCn1c(=O)n(CC(=O)N(C)CC(=O)Nc2ccccc2Cl)c2ccccc21. The number of amides is 2. The molecule has 1 aromatic heterocycles. The highest BCUT2D eigenvalue weighted by molar-refractivity contribution is 6.33. The zero-order valence-corrected chi connectivity index (χ0v) is 16.4. The van der Waals surface area contributed by atoms with Crippen LogP contribution in [0.4, 0.5) is 5.69 Å². The first-order valence-corrected chi connectivity index (χ1v) is 9.26.